The predicted octanol–water partition coefficient (Wildman–Crippen LogP) is 2.51. The Balaban J connectivity index is 1.81. The Morgan fingerprint density at radius 2 is 2.17 bits per heavy atom. The number of aromatic nitrogens is 1. The van der Waals surface area contributed by atoms with Gasteiger partial charge in [-0.2, -0.15) is 0 Å². The SMILES string of the molecule is NC1(C(=O)Nc2ccc3ncsc3c2)CCCC1. The first kappa shape index (κ1) is 11.6. The summed E-state index contributed by atoms with van der Waals surface area (Å²) in [5.41, 5.74) is 9.01. The second kappa shape index (κ2) is 4.33. The van der Waals surface area contributed by atoms with Crippen LogP contribution in [0.5, 0.6) is 0 Å². The molecule has 1 aromatic heterocycles. The molecular weight excluding hydrogens is 246 g/mol. The van der Waals surface area contributed by atoms with E-state index in [1.54, 1.807) is 16.8 Å². The monoisotopic (exact) mass is 261 g/mol. The van der Waals surface area contributed by atoms with E-state index >= 15 is 0 Å². The summed E-state index contributed by atoms with van der Waals surface area (Å²) in [6.45, 7) is 0. The molecule has 0 spiro atoms. The Morgan fingerprint density at radius 1 is 1.39 bits per heavy atom. The van der Waals surface area contributed by atoms with E-state index in [1.807, 2.05) is 18.2 Å². The molecule has 0 bridgehead atoms. The number of hydrogen-bond acceptors (Lipinski definition) is 4. The van der Waals surface area contributed by atoms with E-state index in [4.69, 9.17) is 5.73 Å². The number of nitrogens with two attached hydrogens (primary N) is 1. The van der Waals surface area contributed by atoms with Gasteiger partial charge in [0.15, 0.2) is 0 Å². The number of thiazole rings is 1. The van der Waals surface area contributed by atoms with Gasteiger partial charge in [-0.3, -0.25) is 4.79 Å². The topological polar surface area (TPSA) is 68.0 Å². The predicted molar refractivity (Wildman–Crippen MR) is 73.6 cm³/mol. The van der Waals surface area contributed by atoms with Crippen molar-refractivity contribution in [3.05, 3.63) is 23.7 Å². The van der Waals surface area contributed by atoms with Crippen molar-refractivity contribution >= 4 is 33.1 Å². The number of hydrogen-bond donors (Lipinski definition) is 2. The van der Waals surface area contributed by atoms with Gasteiger partial charge in [0.05, 0.1) is 21.3 Å². The molecule has 4 nitrogen and oxygen atoms in total. The maximum absolute atomic E-state index is 12.2. The molecule has 1 aromatic carbocycles. The van der Waals surface area contributed by atoms with Crippen LogP contribution in [-0.2, 0) is 4.79 Å². The minimum absolute atomic E-state index is 0.0659. The number of nitrogens with zero attached hydrogens (tertiary/aromatic N) is 1. The number of rotatable bonds is 2. The zero-order valence-corrected chi connectivity index (χ0v) is 10.8. The highest BCUT2D eigenvalue weighted by Gasteiger charge is 2.36. The van der Waals surface area contributed by atoms with Gasteiger partial charge in [0.25, 0.3) is 0 Å². The van der Waals surface area contributed by atoms with Crippen LogP contribution in [-0.4, -0.2) is 16.4 Å². The standard InChI is InChI=1S/C13H15N3OS/c14-13(5-1-2-6-13)12(17)16-9-3-4-10-11(7-9)18-8-15-10/h3-4,7-8H,1-2,5-6,14H2,(H,16,17). The molecule has 0 unspecified atom stereocenters. The van der Waals surface area contributed by atoms with E-state index in [0.29, 0.717) is 0 Å². The number of benzene rings is 1. The molecule has 1 aliphatic rings. The molecule has 5 heteroatoms. The minimum atomic E-state index is -0.678. The molecule has 3 N–H and O–H groups in total. The van der Waals surface area contributed by atoms with E-state index in [9.17, 15) is 4.79 Å². The van der Waals surface area contributed by atoms with Gasteiger partial charge in [0.1, 0.15) is 0 Å². The van der Waals surface area contributed by atoms with E-state index in [2.05, 4.69) is 10.3 Å². The molecule has 2 aromatic rings. The smallest absolute Gasteiger partial charge is 0.244 e. The molecule has 18 heavy (non-hydrogen) atoms. The van der Waals surface area contributed by atoms with Crippen LogP contribution in [0, 0.1) is 0 Å². The van der Waals surface area contributed by atoms with Crippen LogP contribution in [0.2, 0.25) is 0 Å². The third-order valence-corrected chi connectivity index (χ3v) is 4.33. The Labute approximate surface area is 109 Å². The fourth-order valence-corrected chi connectivity index (χ4v) is 3.14. The maximum Gasteiger partial charge on any atom is 0.244 e. The van der Waals surface area contributed by atoms with Crippen molar-refractivity contribution in [3.8, 4) is 0 Å². The number of anilines is 1. The Morgan fingerprint density at radius 3 is 2.94 bits per heavy atom. The lowest BCUT2D eigenvalue weighted by molar-refractivity contribution is -0.120. The van der Waals surface area contributed by atoms with Gasteiger partial charge in [-0.25, -0.2) is 4.98 Å². The summed E-state index contributed by atoms with van der Waals surface area (Å²) in [6.07, 6.45) is 3.64. The molecule has 0 aliphatic heterocycles. The zero-order valence-electron chi connectivity index (χ0n) is 9.98. The summed E-state index contributed by atoms with van der Waals surface area (Å²) in [6, 6.07) is 5.74. The molecular formula is C13H15N3OS. The first-order valence-electron chi connectivity index (χ1n) is 6.11. The van der Waals surface area contributed by atoms with Gasteiger partial charge in [0, 0.05) is 5.69 Å². The molecule has 1 heterocycles. The Kier molecular flexibility index (Phi) is 2.80. The van der Waals surface area contributed by atoms with Crippen molar-refractivity contribution in [1.29, 1.82) is 0 Å². The van der Waals surface area contributed by atoms with Crippen molar-refractivity contribution in [2.24, 2.45) is 5.73 Å². The fourth-order valence-electron chi connectivity index (χ4n) is 2.42. The molecule has 3 rings (SSSR count). The number of carbonyl (C=O) groups excluding carboxylic acids is 1. The van der Waals surface area contributed by atoms with Gasteiger partial charge >= 0.3 is 0 Å². The van der Waals surface area contributed by atoms with Gasteiger partial charge in [-0.1, -0.05) is 12.8 Å². The van der Waals surface area contributed by atoms with E-state index in [1.165, 1.54) is 0 Å². The fraction of sp³-hybridized carbons (Fsp3) is 0.385. The lowest BCUT2D eigenvalue weighted by Gasteiger charge is -2.22. The molecule has 0 radical (unpaired) electrons. The van der Waals surface area contributed by atoms with Crippen LogP contribution in [0.4, 0.5) is 5.69 Å². The highest BCUT2D eigenvalue weighted by atomic mass is 32.1. The second-order valence-electron chi connectivity index (χ2n) is 4.85. The number of amides is 1. The maximum atomic E-state index is 12.2. The van der Waals surface area contributed by atoms with E-state index < -0.39 is 5.54 Å². The second-order valence-corrected chi connectivity index (χ2v) is 5.74. The third kappa shape index (κ3) is 2.00. The first-order chi connectivity index (χ1) is 8.67. The van der Waals surface area contributed by atoms with Crippen LogP contribution in [0.25, 0.3) is 10.2 Å². The van der Waals surface area contributed by atoms with E-state index in [0.717, 1.165) is 41.6 Å². The molecule has 0 atom stereocenters. The zero-order chi connectivity index (χ0) is 12.6. The third-order valence-electron chi connectivity index (χ3n) is 3.54. The number of fused-ring (bicyclic) bond motifs is 1. The van der Waals surface area contributed by atoms with Crippen molar-refractivity contribution in [2.45, 2.75) is 31.2 Å². The van der Waals surface area contributed by atoms with E-state index in [-0.39, 0.29) is 5.91 Å². The summed E-state index contributed by atoms with van der Waals surface area (Å²) in [4.78, 5) is 16.4. The molecule has 0 saturated heterocycles. The van der Waals surface area contributed by atoms with Gasteiger partial charge < -0.3 is 11.1 Å². The Bertz CT molecular complexity index is 587. The highest BCUT2D eigenvalue weighted by Crippen LogP contribution is 2.29. The molecule has 94 valence electrons. The molecule has 1 aliphatic carbocycles. The summed E-state index contributed by atoms with van der Waals surface area (Å²) in [7, 11) is 0. The molecule has 1 fully saturated rings. The van der Waals surface area contributed by atoms with Crippen LogP contribution in [0.1, 0.15) is 25.7 Å². The quantitative estimate of drug-likeness (QED) is 0.872. The summed E-state index contributed by atoms with van der Waals surface area (Å²) >= 11 is 1.57. The Hall–Kier alpha value is -1.46. The molecule has 1 amide bonds. The molecule has 1 saturated carbocycles. The lowest BCUT2D eigenvalue weighted by Crippen LogP contribution is -2.48. The van der Waals surface area contributed by atoms with Crippen molar-refractivity contribution in [1.82, 2.24) is 4.98 Å². The van der Waals surface area contributed by atoms with Crippen LogP contribution in [0.15, 0.2) is 23.7 Å². The lowest BCUT2D eigenvalue weighted by atomic mass is 9.98. The summed E-state index contributed by atoms with van der Waals surface area (Å²) in [5, 5.41) is 2.92. The van der Waals surface area contributed by atoms with Crippen LogP contribution < -0.4 is 11.1 Å². The van der Waals surface area contributed by atoms with Gasteiger partial charge in [-0.05, 0) is 31.0 Å². The minimum Gasteiger partial charge on any atom is -0.324 e. The first-order valence-corrected chi connectivity index (χ1v) is 6.99. The van der Waals surface area contributed by atoms with Crippen LogP contribution in [0.3, 0.4) is 0 Å². The van der Waals surface area contributed by atoms with Gasteiger partial charge in [-0.15, -0.1) is 11.3 Å². The number of carbonyl (C=O) groups is 1. The average Bonchev–Trinajstić information content (AvgIpc) is 2.98. The largest absolute Gasteiger partial charge is 0.324 e. The summed E-state index contributed by atoms with van der Waals surface area (Å²) in [5.74, 6) is -0.0659. The van der Waals surface area contributed by atoms with Crippen LogP contribution >= 0.6 is 11.3 Å². The summed E-state index contributed by atoms with van der Waals surface area (Å²) < 4.78 is 1.07. The van der Waals surface area contributed by atoms with Crippen molar-refractivity contribution in [3.63, 3.8) is 0 Å². The number of nitrogens with one attached hydrogen (secondary N) is 1. The van der Waals surface area contributed by atoms with Crippen molar-refractivity contribution in [2.75, 3.05) is 5.32 Å². The normalized spacial score (nSPS) is 18.1. The highest BCUT2D eigenvalue weighted by molar-refractivity contribution is 7.16. The average molecular weight is 261 g/mol. The van der Waals surface area contributed by atoms with Crippen molar-refractivity contribution < 1.29 is 4.79 Å². The van der Waals surface area contributed by atoms with Gasteiger partial charge in [0.2, 0.25) is 5.91 Å².